The van der Waals surface area contributed by atoms with Gasteiger partial charge in [-0.25, -0.2) is 9.07 Å². The first kappa shape index (κ1) is 24.3. The lowest BCUT2D eigenvalue weighted by atomic mass is 9.94. The second-order valence-corrected chi connectivity index (χ2v) is 10.0. The average molecular weight is 504 g/mol. The number of rotatable bonds is 6. The van der Waals surface area contributed by atoms with E-state index in [-0.39, 0.29) is 23.5 Å². The van der Waals surface area contributed by atoms with Gasteiger partial charge in [0, 0.05) is 24.9 Å². The summed E-state index contributed by atoms with van der Waals surface area (Å²) in [6.45, 7) is 1.74. The minimum absolute atomic E-state index is 0.0301. The van der Waals surface area contributed by atoms with E-state index in [2.05, 4.69) is 65.6 Å². The van der Waals surface area contributed by atoms with Gasteiger partial charge in [0.15, 0.2) is 0 Å². The standard InChI is InChI=1S/C33H30FN3O/c34-27-17-15-24(16-18-27)23-31-29-13-7-8-14-30(29)33(38)37(35-31)28-19-21-36(22-20-28)32(25-9-3-1-4-10-25)26-11-5-2-6-12-26/h1-18,28,32H,19-23H2. The van der Waals surface area contributed by atoms with Crippen LogP contribution in [0, 0.1) is 5.82 Å². The lowest BCUT2D eigenvalue weighted by Gasteiger charge is -2.38. The maximum atomic E-state index is 13.6. The van der Waals surface area contributed by atoms with Gasteiger partial charge in [0.25, 0.3) is 5.56 Å². The van der Waals surface area contributed by atoms with Crippen LogP contribution in [0.25, 0.3) is 10.8 Å². The molecule has 0 amide bonds. The molecule has 0 aliphatic carbocycles. The van der Waals surface area contributed by atoms with E-state index in [1.54, 1.807) is 16.8 Å². The van der Waals surface area contributed by atoms with E-state index < -0.39 is 0 Å². The maximum Gasteiger partial charge on any atom is 0.274 e. The van der Waals surface area contributed by atoms with Crippen LogP contribution < -0.4 is 5.56 Å². The molecule has 0 unspecified atom stereocenters. The van der Waals surface area contributed by atoms with E-state index in [9.17, 15) is 9.18 Å². The van der Waals surface area contributed by atoms with Crippen molar-refractivity contribution < 1.29 is 4.39 Å². The molecule has 0 N–H and O–H groups in total. The van der Waals surface area contributed by atoms with E-state index in [1.165, 1.54) is 23.3 Å². The molecule has 0 spiro atoms. The Morgan fingerprint density at radius 2 is 1.29 bits per heavy atom. The fourth-order valence-electron chi connectivity index (χ4n) is 5.72. The summed E-state index contributed by atoms with van der Waals surface area (Å²) in [6.07, 6.45) is 2.23. The van der Waals surface area contributed by atoms with Gasteiger partial charge < -0.3 is 0 Å². The molecule has 1 aromatic heterocycles. The topological polar surface area (TPSA) is 38.1 Å². The van der Waals surface area contributed by atoms with E-state index in [4.69, 9.17) is 5.10 Å². The molecule has 38 heavy (non-hydrogen) atoms. The van der Waals surface area contributed by atoms with Crippen molar-refractivity contribution in [2.75, 3.05) is 13.1 Å². The van der Waals surface area contributed by atoms with Crippen LogP contribution in [0.3, 0.4) is 0 Å². The molecule has 6 rings (SSSR count). The number of hydrogen-bond acceptors (Lipinski definition) is 3. The largest absolute Gasteiger partial charge is 0.292 e. The zero-order valence-electron chi connectivity index (χ0n) is 21.2. The molecule has 1 fully saturated rings. The van der Waals surface area contributed by atoms with E-state index in [1.807, 2.05) is 24.3 Å². The first-order chi connectivity index (χ1) is 18.7. The quantitative estimate of drug-likeness (QED) is 0.264. The van der Waals surface area contributed by atoms with Crippen molar-refractivity contribution in [1.29, 1.82) is 0 Å². The predicted octanol–water partition coefficient (Wildman–Crippen LogP) is 6.55. The summed E-state index contributed by atoms with van der Waals surface area (Å²) in [5.41, 5.74) is 4.34. The molecule has 0 saturated carbocycles. The molecule has 1 saturated heterocycles. The highest BCUT2D eigenvalue weighted by atomic mass is 19.1. The number of nitrogens with zero attached hydrogens (tertiary/aromatic N) is 3. The van der Waals surface area contributed by atoms with Gasteiger partial charge in [0.1, 0.15) is 5.82 Å². The summed E-state index contributed by atoms with van der Waals surface area (Å²) in [4.78, 5) is 16.1. The Bertz CT molecular complexity index is 1540. The summed E-state index contributed by atoms with van der Waals surface area (Å²) in [5, 5.41) is 6.47. The second kappa shape index (κ2) is 10.7. The normalized spacial score (nSPS) is 14.8. The Morgan fingerprint density at radius 1 is 0.737 bits per heavy atom. The molecule has 0 atom stereocenters. The van der Waals surface area contributed by atoms with Gasteiger partial charge in [0.05, 0.1) is 23.2 Å². The van der Waals surface area contributed by atoms with Crippen LogP contribution in [-0.2, 0) is 6.42 Å². The van der Waals surface area contributed by atoms with Crippen molar-refractivity contribution in [3.63, 3.8) is 0 Å². The summed E-state index contributed by atoms with van der Waals surface area (Å²) in [7, 11) is 0. The van der Waals surface area contributed by atoms with Crippen molar-refractivity contribution >= 4 is 10.8 Å². The number of likely N-dealkylation sites (tertiary alicyclic amines) is 1. The minimum Gasteiger partial charge on any atom is -0.292 e. The molecule has 5 aromatic rings. The Morgan fingerprint density at radius 3 is 1.89 bits per heavy atom. The van der Waals surface area contributed by atoms with Gasteiger partial charge in [-0.05, 0) is 47.7 Å². The molecule has 1 aliphatic rings. The summed E-state index contributed by atoms with van der Waals surface area (Å²) in [6, 6.07) is 35.7. The zero-order valence-corrected chi connectivity index (χ0v) is 21.2. The van der Waals surface area contributed by atoms with Crippen LogP contribution in [0.5, 0.6) is 0 Å². The molecule has 1 aliphatic heterocycles. The zero-order chi connectivity index (χ0) is 25.9. The predicted molar refractivity (Wildman–Crippen MR) is 150 cm³/mol. The van der Waals surface area contributed by atoms with Crippen molar-refractivity contribution in [2.24, 2.45) is 0 Å². The Balaban J connectivity index is 1.30. The number of aromatic nitrogens is 2. The molecule has 2 heterocycles. The van der Waals surface area contributed by atoms with Crippen LogP contribution in [0.2, 0.25) is 0 Å². The van der Waals surface area contributed by atoms with E-state index >= 15 is 0 Å². The van der Waals surface area contributed by atoms with Crippen molar-refractivity contribution in [2.45, 2.75) is 31.3 Å². The Hall–Kier alpha value is -4.09. The maximum absolute atomic E-state index is 13.6. The third kappa shape index (κ3) is 4.90. The van der Waals surface area contributed by atoms with Crippen LogP contribution >= 0.6 is 0 Å². The molecule has 0 radical (unpaired) electrons. The van der Waals surface area contributed by atoms with Gasteiger partial charge in [-0.1, -0.05) is 91.0 Å². The highest BCUT2D eigenvalue weighted by Crippen LogP contribution is 2.33. The van der Waals surface area contributed by atoms with Crippen LogP contribution in [0.15, 0.2) is 114 Å². The third-order valence-corrected chi connectivity index (χ3v) is 7.63. The lowest BCUT2D eigenvalue weighted by molar-refractivity contribution is 0.146. The number of fused-ring (bicyclic) bond motifs is 1. The van der Waals surface area contributed by atoms with Gasteiger partial charge in [-0.2, -0.15) is 5.10 Å². The van der Waals surface area contributed by atoms with Crippen LogP contribution in [0.4, 0.5) is 4.39 Å². The highest BCUT2D eigenvalue weighted by molar-refractivity contribution is 5.83. The summed E-state index contributed by atoms with van der Waals surface area (Å²) < 4.78 is 15.2. The SMILES string of the molecule is O=c1c2ccccc2c(Cc2ccc(F)cc2)nn1C1CCN(C(c2ccccc2)c2ccccc2)CC1. The Kier molecular flexibility index (Phi) is 6.84. The van der Waals surface area contributed by atoms with Crippen molar-refractivity contribution in [3.8, 4) is 0 Å². The first-order valence-electron chi connectivity index (χ1n) is 13.3. The third-order valence-electron chi connectivity index (χ3n) is 7.63. The van der Waals surface area contributed by atoms with Gasteiger partial charge in [0.2, 0.25) is 0 Å². The fraction of sp³-hybridized carbons (Fsp3) is 0.212. The van der Waals surface area contributed by atoms with Crippen LogP contribution in [0.1, 0.15) is 47.3 Å². The fourth-order valence-corrected chi connectivity index (χ4v) is 5.72. The summed E-state index contributed by atoms with van der Waals surface area (Å²) >= 11 is 0. The molecule has 4 nitrogen and oxygen atoms in total. The molecular formula is C33H30FN3O. The number of benzene rings is 4. The van der Waals surface area contributed by atoms with Crippen molar-refractivity contribution in [3.05, 3.63) is 148 Å². The molecule has 190 valence electrons. The summed E-state index contributed by atoms with van der Waals surface area (Å²) in [5.74, 6) is -0.257. The number of hydrogen-bond donors (Lipinski definition) is 0. The molecular weight excluding hydrogens is 473 g/mol. The smallest absolute Gasteiger partial charge is 0.274 e. The number of halogens is 1. The van der Waals surface area contributed by atoms with E-state index in [0.717, 1.165) is 42.6 Å². The van der Waals surface area contributed by atoms with E-state index in [0.29, 0.717) is 11.8 Å². The van der Waals surface area contributed by atoms with Gasteiger partial charge in [-0.15, -0.1) is 0 Å². The minimum atomic E-state index is -0.257. The monoisotopic (exact) mass is 503 g/mol. The highest BCUT2D eigenvalue weighted by Gasteiger charge is 2.29. The first-order valence-corrected chi connectivity index (χ1v) is 13.3. The lowest BCUT2D eigenvalue weighted by Crippen LogP contribution is -2.40. The Labute approximate surface area is 222 Å². The van der Waals surface area contributed by atoms with Gasteiger partial charge >= 0.3 is 0 Å². The second-order valence-electron chi connectivity index (χ2n) is 10.0. The molecule has 5 heteroatoms. The van der Waals surface area contributed by atoms with Crippen LogP contribution in [-0.4, -0.2) is 27.8 Å². The molecule has 0 bridgehead atoms. The van der Waals surface area contributed by atoms with Gasteiger partial charge in [-0.3, -0.25) is 9.69 Å². The average Bonchev–Trinajstić information content (AvgIpc) is 2.97. The van der Waals surface area contributed by atoms with Crippen molar-refractivity contribution in [1.82, 2.24) is 14.7 Å². The molecule has 4 aromatic carbocycles. The number of piperidine rings is 1.